The summed E-state index contributed by atoms with van der Waals surface area (Å²) in [5, 5.41) is 0.293. The summed E-state index contributed by atoms with van der Waals surface area (Å²) in [6.07, 6.45) is 2.91. The molecule has 0 spiro atoms. The Labute approximate surface area is 200 Å². The largest absolute Gasteiger partial charge is 0.482 e. The number of piperidine rings is 1. The summed E-state index contributed by atoms with van der Waals surface area (Å²) in [5.41, 5.74) is 1.32. The fourth-order valence-electron chi connectivity index (χ4n) is 4.29. The number of ether oxygens (including phenoxy) is 2. The van der Waals surface area contributed by atoms with Crippen LogP contribution in [-0.2, 0) is 26.0 Å². The summed E-state index contributed by atoms with van der Waals surface area (Å²) in [7, 11) is -3.81. The maximum Gasteiger partial charge on any atom is 0.260 e. The number of hydrogen-bond acceptors (Lipinski definition) is 5. The van der Waals surface area contributed by atoms with Crippen LogP contribution >= 0.6 is 11.6 Å². The van der Waals surface area contributed by atoms with Crippen LogP contribution < -0.4 is 4.74 Å². The summed E-state index contributed by atoms with van der Waals surface area (Å²) in [5.74, 6) is 0.551. The number of likely N-dealkylation sites (tertiary alicyclic amines) is 1. The number of benzene rings is 2. The van der Waals surface area contributed by atoms with Gasteiger partial charge in [-0.2, -0.15) is 4.31 Å². The zero-order chi connectivity index (χ0) is 23.3. The monoisotopic (exact) mass is 492 g/mol. The van der Waals surface area contributed by atoms with Gasteiger partial charge in [-0.05, 0) is 48.9 Å². The first kappa shape index (κ1) is 24.0. The third kappa shape index (κ3) is 6.06. The van der Waals surface area contributed by atoms with Crippen LogP contribution in [0.4, 0.5) is 0 Å². The Balaban J connectivity index is 1.35. The zero-order valence-electron chi connectivity index (χ0n) is 18.5. The highest BCUT2D eigenvalue weighted by Gasteiger charge is 2.30. The lowest BCUT2D eigenvalue weighted by atomic mass is 9.90. The first-order valence-corrected chi connectivity index (χ1v) is 13.1. The highest BCUT2D eigenvalue weighted by Crippen LogP contribution is 2.30. The fraction of sp³-hybridized carbons (Fsp3) is 0.458. The SMILES string of the molecule is O=C(COc1ccc(Cl)cc1S(=O)(=O)N1CCOCC1)N1CCC(Cc2ccccc2)CC1. The molecule has 0 aromatic heterocycles. The molecule has 0 atom stereocenters. The van der Waals surface area contributed by atoms with Gasteiger partial charge < -0.3 is 14.4 Å². The van der Waals surface area contributed by atoms with Crippen molar-refractivity contribution >= 4 is 27.5 Å². The molecule has 2 aromatic carbocycles. The predicted octanol–water partition coefficient (Wildman–Crippen LogP) is 3.22. The Hall–Kier alpha value is -2.13. The van der Waals surface area contributed by atoms with Crippen LogP contribution in [0.25, 0.3) is 0 Å². The first-order chi connectivity index (χ1) is 15.9. The molecule has 2 saturated heterocycles. The lowest BCUT2D eigenvalue weighted by Gasteiger charge is -2.32. The molecule has 0 radical (unpaired) electrons. The van der Waals surface area contributed by atoms with Crippen molar-refractivity contribution in [2.75, 3.05) is 46.0 Å². The number of carbonyl (C=O) groups is 1. The molecule has 0 unspecified atom stereocenters. The van der Waals surface area contributed by atoms with Gasteiger partial charge in [0.1, 0.15) is 10.6 Å². The molecule has 2 aromatic rings. The van der Waals surface area contributed by atoms with E-state index >= 15 is 0 Å². The van der Waals surface area contributed by atoms with Gasteiger partial charge in [-0.15, -0.1) is 0 Å². The maximum atomic E-state index is 13.1. The average molecular weight is 493 g/mol. The minimum absolute atomic E-state index is 0.0220. The molecule has 2 heterocycles. The van der Waals surface area contributed by atoms with Gasteiger partial charge in [-0.3, -0.25) is 4.79 Å². The molecule has 7 nitrogen and oxygen atoms in total. The number of nitrogens with zero attached hydrogens (tertiary/aromatic N) is 2. The fourth-order valence-corrected chi connectivity index (χ4v) is 6.10. The molecule has 0 N–H and O–H groups in total. The number of carbonyl (C=O) groups excluding carboxylic acids is 1. The topological polar surface area (TPSA) is 76.2 Å². The van der Waals surface area contributed by atoms with Crippen LogP contribution in [0, 0.1) is 5.92 Å². The van der Waals surface area contributed by atoms with E-state index in [0.29, 0.717) is 37.2 Å². The van der Waals surface area contributed by atoms with Crippen molar-refractivity contribution in [1.82, 2.24) is 9.21 Å². The normalized spacial score (nSPS) is 18.3. The molecule has 33 heavy (non-hydrogen) atoms. The van der Waals surface area contributed by atoms with Crippen LogP contribution in [0.5, 0.6) is 5.75 Å². The maximum absolute atomic E-state index is 13.1. The summed E-state index contributed by atoms with van der Waals surface area (Å²) in [6.45, 7) is 2.37. The molecule has 9 heteroatoms. The molecule has 0 aliphatic carbocycles. The minimum Gasteiger partial charge on any atom is -0.482 e. The number of rotatable bonds is 7. The highest BCUT2D eigenvalue weighted by atomic mass is 35.5. The molecule has 2 aliphatic rings. The van der Waals surface area contributed by atoms with E-state index in [9.17, 15) is 13.2 Å². The van der Waals surface area contributed by atoms with Crippen molar-refractivity contribution in [1.29, 1.82) is 0 Å². The van der Waals surface area contributed by atoms with E-state index in [4.69, 9.17) is 21.1 Å². The van der Waals surface area contributed by atoms with E-state index in [2.05, 4.69) is 24.3 Å². The summed E-state index contributed by atoms with van der Waals surface area (Å²) < 4.78 is 38.6. The Morgan fingerprint density at radius 3 is 2.42 bits per heavy atom. The standard InChI is InChI=1S/C24H29ClN2O5S/c25-21-6-7-22(23(17-21)33(29,30)27-12-14-31-15-13-27)32-18-24(28)26-10-8-20(9-11-26)16-19-4-2-1-3-5-19/h1-7,17,20H,8-16,18H2. The lowest BCUT2D eigenvalue weighted by molar-refractivity contribution is -0.134. The van der Waals surface area contributed by atoms with Crippen LogP contribution in [0.2, 0.25) is 5.02 Å². The second-order valence-corrected chi connectivity index (χ2v) is 10.8. The number of morpholine rings is 1. The smallest absolute Gasteiger partial charge is 0.260 e. The molecule has 178 valence electrons. The Bertz CT molecular complexity index is 1050. The Morgan fingerprint density at radius 1 is 1.03 bits per heavy atom. The number of sulfonamides is 1. The van der Waals surface area contributed by atoms with Gasteiger partial charge in [-0.1, -0.05) is 41.9 Å². The van der Waals surface area contributed by atoms with Crippen molar-refractivity contribution in [3.05, 3.63) is 59.1 Å². The first-order valence-electron chi connectivity index (χ1n) is 11.3. The minimum atomic E-state index is -3.81. The third-order valence-electron chi connectivity index (χ3n) is 6.18. The van der Waals surface area contributed by atoms with Crippen molar-refractivity contribution < 1.29 is 22.7 Å². The summed E-state index contributed by atoms with van der Waals surface area (Å²) in [6, 6.07) is 14.8. The van der Waals surface area contributed by atoms with Crippen LogP contribution in [0.15, 0.2) is 53.4 Å². The number of halogens is 1. The van der Waals surface area contributed by atoms with Crippen molar-refractivity contribution in [3.8, 4) is 5.75 Å². The van der Waals surface area contributed by atoms with Crippen LogP contribution in [0.3, 0.4) is 0 Å². The molecular formula is C24H29ClN2O5S. The van der Waals surface area contributed by atoms with Gasteiger partial charge in [0.05, 0.1) is 13.2 Å². The molecule has 2 aliphatic heterocycles. The Kier molecular flexibility index (Phi) is 7.90. The third-order valence-corrected chi connectivity index (χ3v) is 8.33. The predicted molar refractivity (Wildman–Crippen MR) is 126 cm³/mol. The Morgan fingerprint density at radius 2 is 1.73 bits per heavy atom. The second kappa shape index (κ2) is 10.9. The molecular weight excluding hydrogens is 464 g/mol. The highest BCUT2D eigenvalue weighted by molar-refractivity contribution is 7.89. The average Bonchev–Trinajstić information content (AvgIpc) is 2.84. The molecule has 0 saturated carbocycles. The molecule has 1 amide bonds. The van der Waals surface area contributed by atoms with Gasteiger partial charge in [0, 0.05) is 31.2 Å². The van der Waals surface area contributed by atoms with Crippen molar-refractivity contribution in [3.63, 3.8) is 0 Å². The lowest BCUT2D eigenvalue weighted by Crippen LogP contribution is -2.42. The van der Waals surface area contributed by atoms with Crippen molar-refractivity contribution in [2.45, 2.75) is 24.2 Å². The second-order valence-electron chi connectivity index (χ2n) is 8.41. The summed E-state index contributed by atoms with van der Waals surface area (Å²) in [4.78, 5) is 14.5. The van der Waals surface area contributed by atoms with Gasteiger partial charge in [0.15, 0.2) is 6.61 Å². The quantitative estimate of drug-likeness (QED) is 0.593. The van der Waals surface area contributed by atoms with E-state index in [1.807, 2.05) is 6.07 Å². The van der Waals surface area contributed by atoms with E-state index in [0.717, 1.165) is 19.3 Å². The molecule has 4 rings (SSSR count). The number of amides is 1. The van der Waals surface area contributed by atoms with E-state index < -0.39 is 10.0 Å². The molecule has 0 bridgehead atoms. The van der Waals surface area contributed by atoms with Crippen molar-refractivity contribution in [2.24, 2.45) is 5.92 Å². The van der Waals surface area contributed by atoms with Gasteiger partial charge >= 0.3 is 0 Å². The van der Waals surface area contributed by atoms with Gasteiger partial charge in [0.2, 0.25) is 10.0 Å². The summed E-state index contributed by atoms with van der Waals surface area (Å²) >= 11 is 6.08. The van der Waals surface area contributed by atoms with Crippen LogP contribution in [-0.4, -0.2) is 69.5 Å². The zero-order valence-corrected chi connectivity index (χ0v) is 20.1. The molecule has 2 fully saturated rings. The van der Waals surface area contributed by atoms with E-state index in [1.165, 1.54) is 22.0 Å². The van der Waals surface area contributed by atoms with Gasteiger partial charge in [0.25, 0.3) is 5.91 Å². The van der Waals surface area contributed by atoms with E-state index in [1.54, 1.807) is 11.0 Å². The number of hydrogen-bond donors (Lipinski definition) is 0. The van der Waals surface area contributed by atoms with Crippen LogP contribution in [0.1, 0.15) is 18.4 Å². The van der Waals surface area contributed by atoms with E-state index in [-0.39, 0.29) is 36.2 Å². The van der Waals surface area contributed by atoms with Gasteiger partial charge in [-0.25, -0.2) is 8.42 Å².